The van der Waals surface area contributed by atoms with Crippen LogP contribution in [0.5, 0.6) is 0 Å². The number of hydrogen-bond acceptors (Lipinski definition) is 3. The quantitative estimate of drug-likeness (QED) is 0.606. The molecule has 1 rings (SSSR count). The van der Waals surface area contributed by atoms with Crippen LogP contribution in [-0.2, 0) is 9.59 Å². The van der Waals surface area contributed by atoms with Crippen molar-refractivity contribution in [3.63, 3.8) is 0 Å². The minimum atomic E-state index is 0.111. The van der Waals surface area contributed by atoms with Crippen molar-refractivity contribution in [1.29, 1.82) is 0 Å². The van der Waals surface area contributed by atoms with Gasteiger partial charge >= 0.3 is 0 Å². The molecule has 0 saturated heterocycles. The lowest BCUT2D eigenvalue weighted by Crippen LogP contribution is -2.27. The minimum Gasteiger partial charge on any atom is -0.299 e. The Kier molecular flexibility index (Phi) is 2.49. The molecule has 1 saturated carbocycles. The van der Waals surface area contributed by atoms with E-state index < -0.39 is 0 Å². The van der Waals surface area contributed by atoms with Crippen molar-refractivity contribution in [1.82, 2.24) is 0 Å². The van der Waals surface area contributed by atoms with Gasteiger partial charge in [0.05, 0.1) is 0 Å². The maximum atomic E-state index is 10.7. The van der Waals surface area contributed by atoms with Gasteiger partial charge in [-0.15, -0.1) is 0 Å². The van der Waals surface area contributed by atoms with E-state index in [1.54, 1.807) is 0 Å². The molecular formula is C7H10O2S. The molecule has 1 atom stereocenters. The van der Waals surface area contributed by atoms with E-state index in [0.29, 0.717) is 11.5 Å². The van der Waals surface area contributed by atoms with Crippen LogP contribution in [0.25, 0.3) is 0 Å². The van der Waals surface area contributed by atoms with Gasteiger partial charge in [-0.1, -0.05) is 11.8 Å². The van der Waals surface area contributed by atoms with Crippen molar-refractivity contribution in [2.45, 2.75) is 19.8 Å². The van der Waals surface area contributed by atoms with E-state index in [2.05, 4.69) is 0 Å². The highest BCUT2D eigenvalue weighted by Crippen LogP contribution is 2.25. The van der Waals surface area contributed by atoms with E-state index in [-0.39, 0.29) is 11.0 Å². The molecule has 1 aliphatic rings. The highest BCUT2D eigenvalue weighted by Gasteiger charge is 2.27. The van der Waals surface area contributed by atoms with Crippen molar-refractivity contribution >= 4 is 22.7 Å². The van der Waals surface area contributed by atoms with Crippen LogP contribution in [-0.4, -0.2) is 16.7 Å². The predicted octanol–water partition coefficient (Wildman–Crippen LogP) is 1.25. The summed E-state index contributed by atoms with van der Waals surface area (Å²) in [5.74, 6) is 1.22. The molecule has 3 heteroatoms. The van der Waals surface area contributed by atoms with Gasteiger partial charge < -0.3 is 0 Å². The molecule has 1 aliphatic carbocycles. The summed E-state index contributed by atoms with van der Waals surface area (Å²) in [6.45, 7) is 1.54. The smallest absolute Gasteiger partial charge is 0.185 e. The third-order valence-electron chi connectivity index (χ3n) is 1.68. The Bertz CT molecular complexity index is 165. The van der Waals surface area contributed by atoms with E-state index in [9.17, 15) is 9.59 Å². The van der Waals surface area contributed by atoms with Crippen molar-refractivity contribution in [2.24, 2.45) is 5.92 Å². The van der Waals surface area contributed by atoms with Crippen LogP contribution >= 0.6 is 11.8 Å². The molecule has 0 spiro atoms. The largest absolute Gasteiger partial charge is 0.299 e. The summed E-state index contributed by atoms with van der Waals surface area (Å²) in [5, 5.41) is 0.111. The second kappa shape index (κ2) is 3.19. The highest BCUT2D eigenvalue weighted by molar-refractivity contribution is 8.13. The fraction of sp³-hybridized carbons (Fsp3) is 0.714. The highest BCUT2D eigenvalue weighted by atomic mass is 32.2. The molecule has 2 nitrogen and oxygen atoms in total. The van der Waals surface area contributed by atoms with Crippen molar-refractivity contribution in [3.05, 3.63) is 0 Å². The van der Waals surface area contributed by atoms with Gasteiger partial charge in [0, 0.05) is 25.0 Å². The number of thioether (sulfide) groups is 1. The SMILES string of the molecule is CC(=O)SCC1CCC1=O. The lowest BCUT2D eigenvalue weighted by molar-refractivity contribution is -0.128. The number of rotatable bonds is 2. The fourth-order valence-corrected chi connectivity index (χ4v) is 1.65. The first kappa shape index (κ1) is 7.79. The van der Waals surface area contributed by atoms with Crippen LogP contribution in [0.2, 0.25) is 0 Å². The Morgan fingerprint density at radius 2 is 2.50 bits per heavy atom. The zero-order valence-corrected chi connectivity index (χ0v) is 6.74. The zero-order valence-electron chi connectivity index (χ0n) is 5.92. The molecule has 10 heavy (non-hydrogen) atoms. The Morgan fingerprint density at radius 3 is 2.80 bits per heavy atom. The summed E-state index contributed by atoms with van der Waals surface area (Å²) in [6.07, 6.45) is 1.71. The topological polar surface area (TPSA) is 34.1 Å². The van der Waals surface area contributed by atoms with E-state index in [1.165, 1.54) is 18.7 Å². The lowest BCUT2D eigenvalue weighted by atomic mass is 9.86. The lowest BCUT2D eigenvalue weighted by Gasteiger charge is -2.22. The molecule has 1 unspecified atom stereocenters. The molecule has 0 aliphatic heterocycles. The van der Waals surface area contributed by atoms with E-state index in [0.717, 1.165) is 12.8 Å². The molecule has 0 amide bonds. The summed E-state index contributed by atoms with van der Waals surface area (Å²) >= 11 is 1.26. The summed E-state index contributed by atoms with van der Waals surface area (Å²) in [6, 6.07) is 0. The second-order valence-corrected chi connectivity index (χ2v) is 3.70. The predicted molar refractivity (Wildman–Crippen MR) is 40.9 cm³/mol. The normalized spacial score (nSPS) is 24.1. The van der Waals surface area contributed by atoms with Crippen molar-refractivity contribution in [2.75, 3.05) is 5.75 Å². The van der Waals surface area contributed by atoms with Gasteiger partial charge in [-0.25, -0.2) is 0 Å². The maximum absolute atomic E-state index is 10.7. The Balaban J connectivity index is 2.14. The van der Waals surface area contributed by atoms with Gasteiger partial charge in [-0.05, 0) is 6.42 Å². The molecule has 0 aromatic rings. The first-order chi connectivity index (χ1) is 4.70. The fourth-order valence-electron chi connectivity index (χ4n) is 0.861. The average Bonchev–Trinajstić information content (AvgIpc) is 1.84. The molecule has 0 aromatic carbocycles. The third-order valence-corrected chi connectivity index (χ3v) is 2.66. The Hall–Kier alpha value is -0.310. The number of hydrogen-bond donors (Lipinski definition) is 0. The standard InChI is InChI=1S/C7H10O2S/c1-5(8)10-4-6-2-3-7(6)9/h6H,2-4H2,1H3. The van der Waals surface area contributed by atoms with Crippen LogP contribution < -0.4 is 0 Å². The monoisotopic (exact) mass is 158 g/mol. The average molecular weight is 158 g/mol. The molecule has 1 fully saturated rings. The molecule has 0 radical (unpaired) electrons. The third kappa shape index (κ3) is 1.84. The second-order valence-electron chi connectivity index (χ2n) is 2.50. The van der Waals surface area contributed by atoms with Gasteiger partial charge in [0.25, 0.3) is 0 Å². The molecule has 0 N–H and O–H groups in total. The van der Waals surface area contributed by atoms with Crippen LogP contribution in [0.1, 0.15) is 19.8 Å². The molecule has 0 bridgehead atoms. The van der Waals surface area contributed by atoms with Crippen LogP contribution in [0.3, 0.4) is 0 Å². The summed E-state index contributed by atoms with van der Waals surface area (Å²) in [7, 11) is 0. The van der Waals surface area contributed by atoms with E-state index >= 15 is 0 Å². The number of ketones is 1. The van der Waals surface area contributed by atoms with Crippen LogP contribution in [0.15, 0.2) is 0 Å². The summed E-state index contributed by atoms with van der Waals surface area (Å²) < 4.78 is 0. The van der Waals surface area contributed by atoms with E-state index in [1.807, 2.05) is 0 Å². The van der Waals surface area contributed by atoms with Gasteiger partial charge in [-0.2, -0.15) is 0 Å². The first-order valence-electron chi connectivity index (χ1n) is 3.36. The number of Topliss-reactive ketones (excluding diaryl/α,β-unsaturated/α-hetero) is 1. The van der Waals surface area contributed by atoms with Crippen LogP contribution in [0, 0.1) is 5.92 Å². The molecular weight excluding hydrogens is 148 g/mol. The minimum absolute atomic E-state index is 0.111. The molecule has 0 aromatic heterocycles. The van der Waals surface area contributed by atoms with Gasteiger partial charge in [-0.3, -0.25) is 9.59 Å². The number of carbonyl (C=O) groups is 2. The molecule has 56 valence electrons. The first-order valence-corrected chi connectivity index (χ1v) is 4.35. The van der Waals surface area contributed by atoms with Gasteiger partial charge in [0.1, 0.15) is 5.78 Å². The zero-order chi connectivity index (χ0) is 7.56. The Morgan fingerprint density at radius 1 is 1.80 bits per heavy atom. The maximum Gasteiger partial charge on any atom is 0.185 e. The molecule has 0 heterocycles. The number of carbonyl (C=O) groups excluding carboxylic acids is 2. The summed E-state index contributed by atoms with van der Waals surface area (Å²) in [5.41, 5.74) is 0. The van der Waals surface area contributed by atoms with Gasteiger partial charge in [0.15, 0.2) is 5.12 Å². The Labute approximate surface area is 64.4 Å². The van der Waals surface area contributed by atoms with Crippen molar-refractivity contribution < 1.29 is 9.59 Å². The van der Waals surface area contributed by atoms with Gasteiger partial charge in [0.2, 0.25) is 0 Å². The van der Waals surface area contributed by atoms with Crippen molar-refractivity contribution in [3.8, 4) is 0 Å². The van der Waals surface area contributed by atoms with E-state index in [4.69, 9.17) is 0 Å². The van der Waals surface area contributed by atoms with Crippen LogP contribution in [0.4, 0.5) is 0 Å². The summed E-state index contributed by atoms with van der Waals surface area (Å²) in [4.78, 5) is 21.2.